The average molecular weight is 430 g/mol. The zero-order valence-corrected chi connectivity index (χ0v) is 18.4. The number of carbonyl (C=O) groups excluding carboxylic acids is 1. The highest BCUT2D eigenvalue weighted by Gasteiger charge is 2.14. The molecule has 29 heavy (non-hydrogen) atoms. The molecule has 0 atom stereocenters. The van der Waals surface area contributed by atoms with Gasteiger partial charge in [0.1, 0.15) is 0 Å². The maximum Gasteiger partial charge on any atom is 0.262 e. The number of benzene rings is 2. The second kappa shape index (κ2) is 9.46. The molecule has 0 unspecified atom stereocenters. The van der Waals surface area contributed by atoms with Crippen LogP contribution in [0.2, 0.25) is 5.02 Å². The number of aromatic nitrogens is 2. The lowest BCUT2D eigenvalue weighted by Crippen LogP contribution is -2.24. The minimum Gasteiger partial charge on any atom is -0.325 e. The number of hydrogen-bond acceptors (Lipinski definition) is 4. The van der Waals surface area contributed by atoms with Crippen LogP contribution < -0.4 is 10.9 Å². The van der Waals surface area contributed by atoms with E-state index in [-0.39, 0.29) is 17.2 Å². The molecule has 1 amide bonds. The Morgan fingerprint density at radius 2 is 2.03 bits per heavy atom. The fraction of sp³-hybridized carbons (Fsp3) is 0.318. The molecule has 0 aliphatic carbocycles. The molecule has 7 heteroatoms. The van der Waals surface area contributed by atoms with Gasteiger partial charge in [-0.15, -0.1) is 0 Å². The molecular formula is C22H24ClN3O2S. The third kappa shape index (κ3) is 4.82. The fourth-order valence-corrected chi connectivity index (χ4v) is 4.20. The van der Waals surface area contributed by atoms with Crippen LogP contribution in [0.1, 0.15) is 31.4 Å². The standard InChI is InChI=1S/C22H24ClN3O2S/c1-4-11-26-21(28)17-10-9-16(23)12-18(17)24-22(26)29-13-19(27)25-20-14(3)7-6-8-15(20)5-2/h6-10,12H,4-5,11,13H2,1-3H3,(H,25,27). The second-order valence-electron chi connectivity index (χ2n) is 6.81. The highest BCUT2D eigenvalue weighted by atomic mass is 35.5. The van der Waals surface area contributed by atoms with Gasteiger partial charge < -0.3 is 5.32 Å². The smallest absolute Gasteiger partial charge is 0.262 e. The van der Waals surface area contributed by atoms with Gasteiger partial charge in [-0.25, -0.2) is 4.98 Å². The van der Waals surface area contributed by atoms with Gasteiger partial charge in [0, 0.05) is 17.3 Å². The molecule has 0 saturated carbocycles. The number of fused-ring (bicyclic) bond motifs is 1. The van der Waals surface area contributed by atoms with E-state index in [4.69, 9.17) is 11.6 Å². The van der Waals surface area contributed by atoms with Crippen molar-refractivity contribution in [3.05, 3.63) is 62.9 Å². The Balaban J connectivity index is 1.85. The number of thioether (sulfide) groups is 1. The largest absolute Gasteiger partial charge is 0.325 e. The van der Waals surface area contributed by atoms with E-state index >= 15 is 0 Å². The van der Waals surface area contributed by atoms with Gasteiger partial charge in [-0.3, -0.25) is 14.2 Å². The Bertz CT molecular complexity index is 1110. The zero-order valence-electron chi connectivity index (χ0n) is 16.8. The van der Waals surface area contributed by atoms with Crippen LogP contribution in [-0.2, 0) is 17.8 Å². The third-order valence-corrected chi connectivity index (χ3v) is 5.88. The highest BCUT2D eigenvalue weighted by Crippen LogP contribution is 2.23. The summed E-state index contributed by atoms with van der Waals surface area (Å²) in [7, 11) is 0. The molecule has 0 aliphatic rings. The molecule has 1 heterocycles. The van der Waals surface area contributed by atoms with Crippen LogP contribution in [0.15, 0.2) is 46.3 Å². The Kier molecular flexibility index (Phi) is 6.98. The van der Waals surface area contributed by atoms with E-state index in [1.165, 1.54) is 11.8 Å². The van der Waals surface area contributed by atoms with Crippen LogP contribution in [0.4, 0.5) is 5.69 Å². The van der Waals surface area contributed by atoms with Crippen LogP contribution >= 0.6 is 23.4 Å². The monoisotopic (exact) mass is 429 g/mol. The molecule has 2 aromatic carbocycles. The summed E-state index contributed by atoms with van der Waals surface area (Å²) in [4.78, 5) is 30.1. The number of nitrogens with one attached hydrogen (secondary N) is 1. The van der Waals surface area contributed by atoms with Crippen molar-refractivity contribution in [1.29, 1.82) is 0 Å². The number of para-hydroxylation sites is 1. The molecule has 0 fully saturated rings. The number of amides is 1. The molecule has 0 spiro atoms. The third-order valence-electron chi connectivity index (χ3n) is 4.67. The first-order valence-electron chi connectivity index (χ1n) is 9.65. The van der Waals surface area contributed by atoms with E-state index in [1.807, 2.05) is 32.0 Å². The number of aryl methyl sites for hydroxylation is 2. The summed E-state index contributed by atoms with van der Waals surface area (Å²) in [6.45, 7) is 6.60. The minimum absolute atomic E-state index is 0.108. The number of rotatable bonds is 7. The molecule has 0 bridgehead atoms. The second-order valence-corrected chi connectivity index (χ2v) is 8.19. The molecule has 1 aromatic heterocycles. The van der Waals surface area contributed by atoms with E-state index in [2.05, 4.69) is 17.2 Å². The molecule has 3 aromatic rings. The lowest BCUT2D eigenvalue weighted by Gasteiger charge is -2.14. The Morgan fingerprint density at radius 3 is 2.76 bits per heavy atom. The number of carbonyl (C=O) groups is 1. The Hall–Kier alpha value is -2.31. The van der Waals surface area contributed by atoms with Gasteiger partial charge in [-0.05, 0) is 49.1 Å². The van der Waals surface area contributed by atoms with Crippen LogP contribution in [0.5, 0.6) is 0 Å². The van der Waals surface area contributed by atoms with E-state index in [1.54, 1.807) is 22.8 Å². The van der Waals surface area contributed by atoms with E-state index in [9.17, 15) is 9.59 Å². The summed E-state index contributed by atoms with van der Waals surface area (Å²) in [6, 6.07) is 11.1. The van der Waals surface area contributed by atoms with Gasteiger partial charge in [0.25, 0.3) is 5.56 Å². The van der Waals surface area contributed by atoms with Crippen molar-refractivity contribution in [3.8, 4) is 0 Å². The van der Waals surface area contributed by atoms with Gasteiger partial charge in [0.15, 0.2) is 5.16 Å². The van der Waals surface area contributed by atoms with Gasteiger partial charge in [-0.2, -0.15) is 0 Å². The van der Waals surface area contributed by atoms with Gasteiger partial charge >= 0.3 is 0 Å². The summed E-state index contributed by atoms with van der Waals surface area (Å²) in [5, 5.41) is 4.60. The Labute approximate surface area is 179 Å². The van der Waals surface area contributed by atoms with E-state index in [0.717, 1.165) is 29.7 Å². The van der Waals surface area contributed by atoms with Crippen molar-refractivity contribution in [2.45, 2.75) is 45.3 Å². The van der Waals surface area contributed by atoms with E-state index < -0.39 is 0 Å². The van der Waals surface area contributed by atoms with Gasteiger partial charge in [0.05, 0.1) is 16.7 Å². The van der Waals surface area contributed by atoms with Crippen molar-refractivity contribution < 1.29 is 4.79 Å². The highest BCUT2D eigenvalue weighted by molar-refractivity contribution is 7.99. The lowest BCUT2D eigenvalue weighted by molar-refractivity contribution is -0.113. The molecule has 0 aliphatic heterocycles. The van der Waals surface area contributed by atoms with Crippen molar-refractivity contribution in [2.75, 3.05) is 11.1 Å². The quantitative estimate of drug-likeness (QED) is 0.421. The SMILES string of the molecule is CCCn1c(SCC(=O)Nc2c(C)cccc2CC)nc2cc(Cl)ccc2c1=O. The summed E-state index contributed by atoms with van der Waals surface area (Å²) in [5.74, 6) is 0.0437. The summed E-state index contributed by atoms with van der Waals surface area (Å²) < 4.78 is 1.64. The summed E-state index contributed by atoms with van der Waals surface area (Å²) >= 11 is 7.33. The topological polar surface area (TPSA) is 64.0 Å². The molecular weight excluding hydrogens is 406 g/mol. The average Bonchev–Trinajstić information content (AvgIpc) is 2.70. The molecule has 1 N–H and O–H groups in total. The first kappa shape index (κ1) is 21.4. The van der Waals surface area contributed by atoms with Crippen molar-refractivity contribution in [2.24, 2.45) is 0 Å². The predicted molar refractivity (Wildman–Crippen MR) is 121 cm³/mol. The van der Waals surface area contributed by atoms with Crippen LogP contribution in [0, 0.1) is 6.92 Å². The first-order chi connectivity index (χ1) is 13.9. The zero-order chi connectivity index (χ0) is 21.0. The minimum atomic E-state index is -0.123. The summed E-state index contributed by atoms with van der Waals surface area (Å²) in [5.41, 5.74) is 3.44. The summed E-state index contributed by atoms with van der Waals surface area (Å²) in [6.07, 6.45) is 1.64. The molecule has 5 nitrogen and oxygen atoms in total. The normalized spacial score (nSPS) is 11.0. The van der Waals surface area contributed by atoms with Crippen molar-refractivity contribution in [3.63, 3.8) is 0 Å². The molecule has 3 rings (SSSR count). The molecule has 152 valence electrons. The fourth-order valence-electron chi connectivity index (χ4n) is 3.21. The molecule has 0 radical (unpaired) electrons. The Morgan fingerprint density at radius 1 is 1.24 bits per heavy atom. The number of hydrogen-bond donors (Lipinski definition) is 1. The maximum atomic E-state index is 12.9. The van der Waals surface area contributed by atoms with Crippen molar-refractivity contribution in [1.82, 2.24) is 9.55 Å². The number of nitrogens with zero attached hydrogens (tertiary/aromatic N) is 2. The van der Waals surface area contributed by atoms with E-state index in [0.29, 0.717) is 27.6 Å². The van der Waals surface area contributed by atoms with Crippen LogP contribution in [0.3, 0.4) is 0 Å². The lowest BCUT2D eigenvalue weighted by atomic mass is 10.1. The van der Waals surface area contributed by atoms with Gasteiger partial charge in [0.2, 0.25) is 5.91 Å². The van der Waals surface area contributed by atoms with Crippen LogP contribution in [-0.4, -0.2) is 21.2 Å². The van der Waals surface area contributed by atoms with Crippen LogP contribution in [0.25, 0.3) is 10.9 Å². The maximum absolute atomic E-state index is 12.9. The first-order valence-corrected chi connectivity index (χ1v) is 11.0. The predicted octanol–water partition coefficient (Wildman–Crippen LogP) is 5.06. The molecule has 0 saturated heterocycles. The van der Waals surface area contributed by atoms with Gasteiger partial charge in [-0.1, -0.05) is 55.4 Å². The number of anilines is 1. The van der Waals surface area contributed by atoms with Crippen molar-refractivity contribution >= 4 is 45.9 Å². The number of halogens is 1.